The quantitative estimate of drug-likeness (QED) is 0.214. The van der Waals surface area contributed by atoms with Crippen LogP contribution >= 0.6 is 0 Å². The van der Waals surface area contributed by atoms with E-state index in [1.54, 1.807) is 48.7 Å². The number of carbonyl (C=O) groups excluding carboxylic acids is 1. The van der Waals surface area contributed by atoms with E-state index in [4.69, 9.17) is 14.2 Å². The molecule has 0 bridgehead atoms. The van der Waals surface area contributed by atoms with E-state index in [9.17, 15) is 13.2 Å². The Bertz CT molecular complexity index is 1420. The molecule has 0 fully saturated rings. The Morgan fingerprint density at radius 2 is 1.93 bits per heavy atom. The number of aliphatic imine (C=N–C) groups is 1. The van der Waals surface area contributed by atoms with Gasteiger partial charge in [0, 0.05) is 51.0 Å². The molecule has 0 aromatic heterocycles. The van der Waals surface area contributed by atoms with Gasteiger partial charge in [0.25, 0.3) is 0 Å². The highest BCUT2D eigenvalue weighted by atomic mass is 32.2. The van der Waals surface area contributed by atoms with Crippen molar-refractivity contribution in [2.75, 3.05) is 40.6 Å². The van der Waals surface area contributed by atoms with Crippen molar-refractivity contribution in [2.45, 2.75) is 36.8 Å². The van der Waals surface area contributed by atoms with Crippen LogP contribution in [0.3, 0.4) is 0 Å². The number of nitrogens with zero attached hydrogens (tertiary/aromatic N) is 1. The van der Waals surface area contributed by atoms with Gasteiger partial charge in [-0.3, -0.25) is 9.79 Å². The van der Waals surface area contributed by atoms with Crippen LogP contribution in [0.25, 0.3) is 0 Å². The van der Waals surface area contributed by atoms with Gasteiger partial charge in [0.05, 0.1) is 23.7 Å². The monoisotopic (exact) mass is 571 g/mol. The molecule has 1 aliphatic carbocycles. The van der Waals surface area contributed by atoms with Crippen LogP contribution in [-0.2, 0) is 30.7 Å². The minimum Gasteiger partial charge on any atom is -0.494 e. The molecule has 4 rings (SSSR count). The molecule has 2 unspecified atom stereocenters. The average molecular weight is 572 g/mol. The largest absolute Gasteiger partial charge is 0.494 e. The maximum Gasteiger partial charge on any atom is 0.240 e. The summed E-state index contributed by atoms with van der Waals surface area (Å²) in [6, 6.07) is 11.9. The summed E-state index contributed by atoms with van der Waals surface area (Å²) in [5.74, 6) is -1.23. The van der Waals surface area contributed by atoms with E-state index in [1.807, 2.05) is 13.0 Å². The van der Waals surface area contributed by atoms with Crippen molar-refractivity contribution in [3.8, 4) is 0 Å². The Morgan fingerprint density at radius 1 is 1.15 bits per heavy atom. The highest BCUT2D eigenvalue weighted by Crippen LogP contribution is 2.32. The molecule has 9 nitrogen and oxygen atoms in total. The van der Waals surface area contributed by atoms with Gasteiger partial charge in [0.1, 0.15) is 6.79 Å². The van der Waals surface area contributed by atoms with E-state index < -0.39 is 27.7 Å². The van der Waals surface area contributed by atoms with E-state index in [2.05, 4.69) is 15.0 Å². The van der Waals surface area contributed by atoms with Gasteiger partial charge in [0.15, 0.2) is 17.4 Å². The molecule has 0 saturated carbocycles. The summed E-state index contributed by atoms with van der Waals surface area (Å²) in [5, 5.41) is 3.29. The first-order valence-corrected chi connectivity index (χ1v) is 14.5. The van der Waals surface area contributed by atoms with Crippen LogP contribution in [0, 0.1) is 0 Å². The zero-order valence-corrected chi connectivity index (χ0v) is 23.6. The number of methoxy groups -OCH3 is 2. The number of halogens is 1. The van der Waals surface area contributed by atoms with E-state index >= 15 is 4.39 Å². The standard InChI is InChI=1S/C29H34FN3O6S/c1-19(32-15-16-33-40(35,36)26-6-4-5-22-17-31-14-13-23(22)26)20-7-9-21(10-8-20)29(34)27-24(39-18-37-2)11-12-25(38-3)28(27)30/h4-10,12,17,19,24,32-33H,11,13-16,18H2,1-3H3. The number of fused-ring (bicyclic) bond motifs is 1. The molecule has 214 valence electrons. The number of rotatable bonds is 13. The van der Waals surface area contributed by atoms with Crippen LogP contribution in [0.1, 0.15) is 46.4 Å². The number of hydrogen-bond acceptors (Lipinski definition) is 8. The summed E-state index contributed by atoms with van der Waals surface area (Å²) in [5.41, 5.74) is 2.72. The highest BCUT2D eigenvalue weighted by molar-refractivity contribution is 7.89. The summed E-state index contributed by atoms with van der Waals surface area (Å²) in [7, 11) is -0.864. The van der Waals surface area contributed by atoms with E-state index in [0.29, 0.717) is 25.1 Å². The number of hydrogen-bond donors (Lipinski definition) is 2. The minimum atomic E-state index is -3.67. The second kappa shape index (κ2) is 13.4. The van der Waals surface area contributed by atoms with E-state index in [0.717, 1.165) is 16.7 Å². The fraction of sp³-hybridized carbons (Fsp3) is 0.379. The van der Waals surface area contributed by atoms with Gasteiger partial charge >= 0.3 is 0 Å². The van der Waals surface area contributed by atoms with Crippen LogP contribution in [0.2, 0.25) is 0 Å². The molecule has 1 aliphatic heterocycles. The maximum atomic E-state index is 15.1. The van der Waals surface area contributed by atoms with Crippen LogP contribution in [-0.4, -0.2) is 67.2 Å². The fourth-order valence-corrected chi connectivity index (χ4v) is 6.05. The number of allylic oxidation sites excluding steroid dienone is 1. The first kappa shape index (κ1) is 29.8. The number of carbonyl (C=O) groups is 1. The zero-order valence-electron chi connectivity index (χ0n) is 22.8. The molecule has 2 aliphatic rings. The Hall–Kier alpha value is -3.22. The fourth-order valence-electron chi connectivity index (χ4n) is 4.73. The Labute approximate surface area is 234 Å². The molecule has 11 heteroatoms. The summed E-state index contributed by atoms with van der Waals surface area (Å²) in [4.78, 5) is 17.8. The Morgan fingerprint density at radius 3 is 2.65 bits per heavy atom. The lowest BCUT2D eigenvalue weighted by Gasteiger charge is -2.24. The predicted octanol–water partition coefficient (Wildman–Crippen LogP) is 3.62. The number of ether oxygens (including phenoxy) is 3. The first-order valence-electron chi connectivity index (χ1n) is 13.0. The molecule has 0 radical (unpaired) electrons. The van der Waals surface area contributed by atoms with Crippen LogP contribution in [0.15, 0.2) is 75.6 Å². The van der Waals surface area contributed by atoms with Gasteiger partial charge in [-0.05, 0) is 42.2 Å². The zero-order chi connectivity index (χ0) is 28.7. The number of benzene rings is 2. The first-order chi connectivity index (χ1) is 19.3. The normalized spacial score (nSPS) is 17.8. The van der Waals surface area contributed by atoms with Crippen molar-refractivity contribution in [3.05, 3.63) is 88.0 Å². The van der Waals surface area contributed by atoms with Crippen molar-refractivity contribution < 1.29 is 31.8 Å². The topological polar surface area (TPSA) is 115 Å². The van der Waals surface area contributed by atoms with Crippen molar-refractivity contribution in [1.82, 2.24) is 10.0 Å². The summed E-state index contributed by atoms with van der Waals surface area (Å²) in [6.07, 6.45) is 3.34. The summed E-state index contributed by atoms with van der Waals surface area (Å²) in [6.45, 7) is 3.02. The molecule has 0 amide bonds. The number of sulfonamides is 1. The second-order valence-electron chi connectivity index (χ2n) is 9.43. The van der Waals surface area contributed by atoms with Gasteiger partial charge in [-0.15, -0.1) is 0 Å². The van der Waals surface area contributed by atoms with Gasteiger partial charge in [-0.2, -0.15) is 0 Å². The van der Waals surface area contributed by atoms with Crippen molar-refractivity contribution in [3.63, 3.8) is 0 Å². The lowest BCUT2D eigenvalue weighted by Crippen LogP contribution is -2.33. The van der Waals surface area contributed by atoms with Crippen LogP contribution < -0.4 is 10.0 Å². The van der Waals surface area contributed by atoms with Crippen molar-refractivity contribution >= 4 is 22.0 Å². The van der Waals surface area contributed by atoms with Crippen molar-refractivity contribution in [2.24, 2.45) is 4.99 Å². The van der Waals surface area contributed by atoms with E-state index in [1.165, 1.54) is 14.2 Å². The molecular formula is C29H34FN3O6S. The molecule has 1 heterocycles. The maximum absolute atomic E-state index is 15.1. The van der Waals surface area contributed by atoms with Gasteiger partial charge in [0.2, 0.25) is 10.0 Å². The minimum absolute atomic E-state index is 0.00618. The summed E-state index contributed by atoms with van der Waals surface area (Å²) >= 11 is 0. The molecule has 2 aromatic carbocycles. The smallest absolute Gasteiger partial charge is 0.240 e. The summed E-state index contributed by atoms with van der Waals surface area (Å²) < 4.78 is 59.1. The van der Waals surface area contributed by atoms with Crippen LogP contribution in [0.4, 0.5) is 4.39 Å². The lowest BCUT2D eigenvalue weighted by molar-refractivity contribution is -0.0589. The Balaban J connectivity index is 1.36. The van der Waals surface area contributed by atoms with Crippen LogP contribution in [0.5, 0.6) is 0 Å². The number of ketones is 1. The van der Waals surface area contributed by atoms with Gasteiger partial charge in [-0.1, -0.05) is 36.4 Å². The molecule has 0 spiro atoms. The average Bonchev–Trinajstić information content (AvgIpc) is 2.97. The lowest BCUT2D eigenvalue weighted by atomic mass is 9.91. The number of Topliss-reactive ketones (excluding diaryl/α,β-unsaturated/α-hetero) is 1. The third-order valence-electron chi connectivity index (χ3n) is 6.86. The molecule has 0 saturated heterocycles. The highest BCUT2D eigenvalue weighted by Gasteiger charge is 2.32. The second-order valence-corrected chi connectivity index (χ2v) is 11.2. The van der Waals surface area contributed by atoms with Crippen molar-refractivity contribution in [1.29, 1.82) is 0 Å². The molecule has 2 aromatic rings. The predicted molar refractivity (Wildman–Crippen MR) is 150 cm³/mol. The van der Waals surface area contributed by atoms with Gasteiger partial charge in [-0.25, -0.2) is 17.5 Å². The third-order valence-corrected chi connectivity index (χ3v) is 8.41. The molecule has 2 N–H and O–H groups in total. The Kier molecular flexibility index (Phi) is 9.99. The van der Waals surface area contributed by atoms with E-state index in [-0.39, 0.29) is 42.0 Å². The SMILES string of the molecule is COCOC1CC=C(OC)C(F)=C1C(=O)c1ccc(C(C)NCCNS(=O)(=O)c2cccc3c2CCN=C3)cc1. The molecule has 40 heavy (non-hydrogen) atoms. The molecule has 2 atom stereocenters. The third kappa shape index (κ3) is 6.73. The van der Waals surface area contributed by atoms with Gasteiger partial charge < -0.3 is 19.5 Å². The number of nitrogens with one attached hydrogen (secondary N) is 2. The molecular weight excluding hydrogens is 537 g/mol.